The molecule has 1 amide bonds. The molecule has 0 aromatic carbocycles. The summed E-state index contributed by atoms with van der Waals surface area (Å²) >= 11 is 1.56. The maximum absolute atomic E-state index is 11.7. The molecule has 0 aliphatic rings. The number of esters is 1. The summed E-state index contributed by atoms with van der Waals surface area (Å²) in [4.78, 5) is 32.3. The van der Waals surface area contributed by atoms with Crippen molar-refractivity contribution in [2.24, 2.45) is 0 Å². The third kappa shape index (κ3) is 6.86. The number of fused-ring (bicyclic) bond motifs is 1. The van der Waals surface area contributed by atoms with E-state index >= 15 is 0 Å². The van der Waals surface area contributed by atoms with Gasteiger partial charge in [-0.3, -0.25) is 4.79 Å². The highest BCUT2D eigenvalue weighted by atomic mass is 32.2. The van der Waals surface area contributed by atoms with Gasteiger partial charge in [0.25, 0.3) is 0 Å². The zero-order chi connectivity index (χ0) is 21.2. The van der Waals surface area contributed by atoms with Crippen molar-refractivity contribution in [2.75, 3.05) is 38.2 Å². The Morgan fingerprint density at radius 1 is 1.21 bits per heavy atom. The summed E-state index contributed by atoms with van der Waals surface area (Å²) in [5, 5.41) is 11.9. The van der Waals surface area contributed by atoms with Crippen molar-refractivity contribution < 1.29 is 19.1 Å². The van der Waals surface area contributed by atoms with Gasteiger partial charge in [0, 0.05) is 24.9 Å². The molecule has 0 spiro atoms. The standard InChI is InChI=1S/C18H28N6O4S/c1-5-27-10-8-19-14-13-11-21-24(9-7-20-16(25)17(26)28-6-2)15(13)23-18(22-14)29-12(3)4/h11-12H,5-10H2,1-4H3,(H,20,25)(H,19,22,23). The Labute approximate surface area is 174 Å². The summed E-state index contributed by atoms with van der Waals surface area (Å²) in [6, 6.07) is 0. The minimum atomic E-state index is -0.892. The molecule has 0 fully saturated rings. The molecule has 0 radical (unpaired) electrons. The number of carbonyl (C=O) groups is 2. The van der Waals surface area contributed by atoms with Gasteiger partial charge < -0.3 is 20.1 Å². The Morgan fingerprint density at radius 2 is 2.00 bits per heavy atom. The van der Waals surface area contributed by atoms with Gasteiger partial charge in [-0.15, -0.1) is 0 Å². The van der Waals surface area contributed by atoms with Crippen molar-refractivity contribution >= 4 is 40.5 Å². The van der Waals surface area contributed by atoms with Gasteiger partial charge in [-0.2, -0.15) is 5.10 Å². The molecular formula is C18H28N6O4S. The van der Waals surface area contributed by atoms with Crippen LogP contribution in [-0.2, 0) is 25.6 Å². The van der Waals surface area contributed by atoms with Crippen molar-refractivity contribution in [2.45, 2.75) is 44.6 Å². The van der Waals surface area contributed by atoms with Crippen LogP contribution in [0.1, 0.15) is 27.7 Å². The van der Waals surface area contributed by atoms with E-state index in [1.807, 2.05) is 6.92 Å². The molecule has 2 aromatic heterocycles. The predicted molar refractivity (Wildman–Crippen MR) is 111 cm³/mol. The zero-order valence-electron chi connectivity index (χ0n) is 17.2. The first-order chi connectivity index (χ1) is 14.0. The smallest absolute Gasteiger partial charge is 0.396 e. The maximum atomic E-state index is 11.7. The molecule has 0 atom stereocenters. The second-order valence-electron chi connectivity index (χ2n) is 6.23. The van der Waals surface area contributed by atoms with E-state index in [4.69, 9.17) is 4.74 Å². The van der Waals surface area contributed by atoms with Crippen LogP contribution in [-0.4, -0.2) is 69.8 Å². The minimum Gasteiger partial charge on any atom is -0.459 e. The lowest BCUT2D eigenvalue weighted by molar-refractivity contribution is -0.154. The van der Waals surface area contributed by atoms with Crippen LogP contribution in [0.3, 0.4) is 0 Å². The normalized spacial score (nSPS) is 11.1. The summed E-state index contributed by atoms with van der Waals surface area (Å²) in [6.07, 6.45) is 1.69. The molecule has 2 N–H and O–H groups in total. The van der Waals surface area contributed by atoms with Crippen molar-refractivity contribution in [1.82, 2.24) is 25.1 Å². The average Bonchev–Trinajstić information content (AvgIpc) is 3.08. The van der Waals surface area contributed by atoms with Crippen LogP contribution < -0.4 is 10.6 Å². The van der Waals surface area contributed by atoms with Crippen LogP contribution in [0.4, 0.5) is 5.82 Å². The summed E-state index contributed by atoms with van der Waals surface area (Å²) in [6.45, 7) is 10.3. The number of hydrogen-bond acceptors (Lipinski definition) is 9. The fourth-order valence-corrected chi connectivity index (χ4v) is 3.13. The van der Waals surface area contributed by atoms with E-state index in [9.17, 15) is 9.59 Å². The van der Waals surface area contributed by atoms with E-state index in [1.54, 1.807) is 29.6 Å². The second kappa shape index (κ2) is 11.6. The topological polar surface area (TPSA) is 120 Å². The number of nitrogens with zero attached hydrogens (tertiary/aromatic N) is 4. The van der Waals surface area contributed by atoms with E-state index in [0.29, 0.717) is 48.2 Å². The molecule has 0 unspecified atom stereocenters. The number of amides is 1. The summed E-state index contributed by atoms with van der Waals surface area (Å²) in [5.41, 5.74) is 0.660. The molecule has 2 rings (SSSR count). The Hall–Kier alpha value is -2.40. The monoisotopic (exact) mass is 424 g/mol. The first-order valence-electron chi connectivity index (χ1n) is 9.63. The van der Waals surface area contributed by atoms with Gasteiger partial charge in [0.1, 0.15) is 5.82 Å². The first-order valence-corrected chi connectivity index (χ1v) is 10.5. The number of ether oxygens (including phenoxy) is 2. The number of aromatic nitrogens is 4. The molecule has 0 bridgehead atoms. The van der Waals surface area contributed by atoms with Crippen LogP contribution in [0.15, 0.2) is 11.4 Å². The van der Waals surface area contributed by atoms with E-state index in [1.165, 1.54) is 0 Å². The molecule has 10 nitrogen and oxygen atoms in total. The van der Waals surface area contributed by atoms with Gasteiger partial charge in [0.15, 0.2) is 10.8 Å². The molecule has 0 aliphatic heterocycles. The lowest BCUT2D eigenvalue weighted by Crippen LogP contribution is -2.34. The summed E-state index contributed by atoms with van der Waals surface area (Å²) in [7, 11) is 0. The highest BCUT2D eigenvalue weighted by molar-refractivity contribution is 7.99. The third-order valence-electron chi connectivity index (χ3n) is 3.63. The quantitative estimate of drug-likeness (QED) is 0.181. The van der Waals surface area contributed by atoms with Crippen LogP contribution in [0.25, 0.3) is 11.0 Å². The molecule has 0 saturated heterocycles. The first kappa shape index (κ1) is 22.9. The second-order valence-corrected chi connectivity index (χ2v) is 7.77. The van der Waals surface area contributed by atoms with Crippen molar-refractivity contribution in [3.8, 4) is 0 Å². The average molecular weight is 425 g/mol. The number of rotatable bonds is 11. The molecule has 2 heterocycles. The number of anilines is 1. The molecule has 0 saturated carbocycles. The van der Waals surface area contributed by atoms with Crippen LogP contribution in [0.2, 0.25) is 0 Å². The molecule has 160 valence electrons. The predicted octanol–water partition coefficient (Wildman–Crippen LogP) is 1.45. The summed E-state index contributed by atoms with van der Waals surface area (Å²) in [5.74, 6) is -0.969. The van der Waals surface area contributed by atoms with Gasteiger partial charge >= 0.3 is 11.9 Å². The lowest BCUT2D eigenvalue weighted by atomic mass is 10.4. The fraction of sp³-hybridized carbons (Fsp3) is 0.611. The van der Waals surface area contributed by atoms with Gasteiger partial charge in [-0.1, -0.05) is 25.6 Å². The fourth-order valence-electron chi connectivity index (χ4n) is 2.43. The largest absolute Gasteiger partial charge is 0.459 e. The van der Waals surface area contributed by atoms with Gasteiger partial charge in [0.05, 0.1) is 31.3 Å². The Morgan fingerprint density at radius 3 is 2.69 bits per heavy atom. The van der Waals surface area contributed by atoms with Crippen molar-refractivity contribution in [3.63, 3.8) is 0 Å². The number of thioether (sulfide) groups is 1. The van der Waals surface area contributed by atoms with Crippen LogP contribution in [0.5, 0.6) is 0 Å². The zero-order valence-corrected chi connectivity index (χ0v) is 18.0. The van der Waals surface area contributed by atoms with Crippen molar-refractivity contribution in [1.29, 1.82) is 0 Å². The van der Waals surface area contributed by atoms with Crippen LogP contribution in [0, 0.1) is 0 Å². The van der Waals surface area contributed by atoms with Gasteiger partial charge in [-0.25, -0.2) is 19.4 Å². The van der Waals surface area contributed by atoms with E-state index in [-0.39, 0.29) is 13.2 Å². The van der Waals surface area contributed by atoms with E-state index in [2.05, 4.69) is 44.3 Å². The highest BCUT2D eigenvalue weighted by Gasteiger charge is 2.16. The number of hydrogen-bond donors (Lipinski definition) is 2. The third-order valence-corrected chi connectivity index (χ3v) is 4.49. The van der Waals surface area contributed by atoms with E-state index in [0.717, 1.165) is 5.39 Å². The van der Waals surface area contributed by atoms with Gasteiger partial charge in [-0.05, 0) is 13.8 Å². The van der Waals surface area contributed by atoms with Crippen LogP contribution >= 0.6 is 11.8 Å². The SMILES string of the molecule is CCOCCNc1nc(SC(C)C)nc2c1cnn2CCNC(=O)C(=O)OCC. The molecular weight excluding hydrogens is 396 g/mol. The molecule has 29 heavy (non-hydrogen) atoms. The Balaban J connectivity index is 2.14. The number of nitrogens with one attached hydrogen (secondary N) is 2. The lowest BCUT2D eigenvalue weighted by Gasteiger charge is -2.11. The van der Waals surface area contributed by atoms with E-state index < -0.39 is 11.9 Å². The molecule has 2 aromatic rings. The maximum Gasteiger partial charge on any atom is 0.396 e. The minimum absolute atomic E-state index is 0.155. The Bertz CT molecular complexity index is 826. The number of carbonyl (C=O) groups excluding carboxylic acids is 2. The highest BCUT2D eigenvalue weighted by Crippen LogP contribution is 2.26. The Kier molecular flexibility index (Phi) is 9.13. The molecule has 0 aliphatic carbocycles. The molecule has 11 heteroatoms. The van der Waals surface area contributed by atoms with Gasteiger partial charge in [0.2, 0.25) is 0 Å². The summed E-state index contributed by atoms with van der Waals surface area (Å²) < 4.78 is 11.7. The van der Waals surface area contributed by atoms with Crippen molar-refractivity contribution in [3.05, 3.63) is 6.20 Å².